The minimum Gasteiger partial charge on any atom is -0.339 e. The highest BCUT2D eigenvalue weighted by Gasteiger charge is 2.20. The second-order valence-corrected chi connectivity index (χ2v) is 5.73. The third kappa shape index (κ3) is 3.05. The van der Waals surface area contributed by atoms with E-state index in [0.29, 0.717) is 12.0 Å². The summed E-state index contributed by atoms with van der Waals surface area (Å²) < 4.78 is 2.33. The molecule has 1 saturated heterocycles. The summed E-state index contributed by atoms with van der Waals surface area (Å²) in [5.41, 5.74) is 1.21. The molecule has 1 aliphatic rings. The van der Waals surface area contributed by atoms with Gasteiger partial charge in [-0.25, -0.2) is 4.98 Å². The van der Waals surface area contributed by atoms with Crippen molar-refractivity contribution in [3.63, 3.8) is 0 Å². The molecule has 102 valence electrons. The molecule has 2 heterocycles. The van der Waals surface area contributed by atoms with E-state index in [9.17, 15) is 0 Å². The fourth-order valence-corrected chi connectivity index (χ4v) is 2.52. The number of piperazine rings is 1. The Morgan fingerprint density at radius 1 is 1.50 bits per heavy atom. The van der Waals surface area contributed by atoms with Crippen LogP contribution in [-0.4, -0.2) is 35.2 Å². The van der Waals surface area contributed by atoms with Gasteiger partial charge in [-0.15, -0.1) is 0 Å². The number of aryl methyl sites for hydroxylation is 1. The van der Waals surface area contributed by atoms with Crippen LogP contribution in [0.3, 0.4) is 0 Å². The topological polar surface area (TPSA) is 33.1 Å². The molecule has 0 aromatic carbocycles. The number of imidazole rings is 1. The molecule has 1 aromatic heterocycles. The van der Waals surface area contributed by atoms with Gasteiger partial charge in [0.15, 0.2) is 0 Å². The van der Waals surface area contributed by atoms with Crippen LogP contribution in [0.25, 0.3) is 0 Å². The number of nitrogens with one attached hydrogen (secondary N) is 1. The van der Waals surface area contributed by atoms with Gasteiger partial charge in [-0.05, 0) is 19.3 Å². The third-order valence-corrected chi connectivity index (χ3v) is 3.38. The van der Waals surface area contributed by atoms with Crippen LogP contribution < -0.4 is 10.2 Å². The molecule has 1 N–H and O–H groups in total. The maximum atomic E-state index is 4.80. The third-order valence-electron chi connectivity index (χ3n) is 3.38. The van der Waals surface area contributed by atoms with Gasteiger partial charge in [-0.2, -0.15) is 0 Å². The maximum absolute atomic E-state index is 4.80. The van der Waals surface area contributed by atoms with Crippen molar-refractivity contribution in [1.82, 2.24) is 14.9 Å². The highest BCUT2D eigenvalue weighted by Crippen LogP contribution is 2.18. The molecule has 4 nitrogen and oxygen atoms in total. The smallest absolute Gasteiger partial charge is 0.205 e. The Bertz CT molecular complexity index is 383. The van der Waals surface area contributed by atoms with Gasteiger partial charge in [0, 0.05) is 38.4 Å². The molecule has 1 aliphatic heterocycles. The normalized spacial score (nSPS) is 20.7. The van der Waals surface area contributed by atoms with Gasteiger partial charge in [0.2, 0.25) is 5.95 Å². The lowest BCUT2D eigenvalue weighted by atomic mass is 10.2. The van der Waals surface area contributed by atoms with Crippen LogP contribution >= 0.6 is 0 Å². The summed E-state index contributed by atoms with van der Waals surface area (Å²) in [4.78, 5) is 7.22. The van der Waals surface area contributed by atoms with Crippen LogP contribution in [0.4, 0.5) is 5.95 Å². The number of hydrogen-bond acceptors (Lipinski definition) is 3. The molecule has 2 rings (SSSR count). The highest BCUT2D eigenvalue weighted by molar-refractivity contribution is 5.35. The lowest BCUT2D eigenvalue weighted by Gasteiger charge is -2.33. The molecular weight excluding hydrogens is 224 g/mol. The van der Waals surface area contributed by atoms with Gasteiger partial charge in [0.25, 0.3) is 0 Å². The molecule has 1 aromatic rings. The van der Waals surface area contributed by atoms with E-state index in [1.807, 2.05) is 0 Å². The van der Waals surface area contributed by atoms with E-state index >= 15 is 0 Å². The predicted octanol–water partition coefficient (Wildman–Crippen LogP) is 1.90. The molecule has 0 radical (unpaired) electrons. The van der Waals surface area contributed by atoms with Crippen molar-refractivity contribution in [2.45, 2.75) is 46.7 Å². The SMILES string of the molecule is CCc1cn(CC(C)C)c(N2CCNC(C)C2)n1. The lowest BCUT2D eigenvalue weighted by molar-refractivity contribution is 0.462. The summed E-state index contributed by atoms with van der Waals surface area (Å²) in [6, 6.07) is 0.549. The zero-order chi connectivity index (χ0) is 13.1. The van der Waals surface area contributed by atoms with E-state index in [1.54, 1.807) is 0 Å². The van der Waals surface area contributed by atoms with Gasteiger partial charge >= 0.3 is 0 Å². The summed E-state index contributed by atoms with van der Waals surface area (Å²) in [5, 5.41) is 3.48. The molecule has 1 fully saturated rings. The highest BCUT2D eigenvalue weighted by atomic mass is 15.3. The Hall–Kier alpha value is -1.03. The largest absolute Gasteiger partial charge is 0.339 e. The molecule has 0 spiro atoms. The van der Waals surface area contributed by atoms with Crippen molar-refractivity contribution in [1.29, 1.82) is 0 Å². The fourth-order valence-electron chi connectivity index (χ4n) is 2.52. The first-order valence-corrected chi connectivity index (χ1v) is 7.14. The van der Waals surface area contributed by atoms with Crippen LogP contribution in [0.5, 0.6) is 0 Å². The van der Waals surface area contributed by atoms with Crippen LogP contribution in [0.1, 0.15) is 33.4 Å². The Morgan fingerprint density at radius 3 is 2.89 bits per heavy atom. The second kappa shape index (κ2) is 5.74. The second-order valence-electron chi connectivity index (χ2n) is 5.73. The monoisotopic (exact) mass is 250 g/mol. The first-order valence-electron chi connectivity index (χ1n) is 7.14. The summed E-state index contributed by atoms with van der Waals surface area (Å²) >= 11 is 0. The van der Waals surface area contributed by atoms with Crippen molar-refractivity contribution in [2.75, 3.05) is 24.5 Å². The molecule has 0 bridgehead atoms. The number of rotatable bonds is 4. The van der Waals surface area contributed by atoms with Crippen LogP contribution in [-0.2, 0) is 13.0 Å². The molecule has 18 heavy (non-hydrogen) atoms. The van der Waals surface area contributed by atoms with Gasteiger partial charge < -0.3 is 14.8 Å². The summed E-state index contributed by atoms with van der Waals surface area (Å²) in [5.74, 6) is 1.82. The van der Waals surface area contributed by atoms with Gasteiger partial charge in [-0.1, -0.05) is 20.8 Å². The predicted molar refractivity (Wildman–Crippen MR) is 76.1 cm³/mol. The Balaban J connectivity index is 2.21. The lowest BCUT2D eigenvalue weighted by Crippen LogP contribution is -2.50. The van der Waals surface area contributed by atoms with Gasteiger partial charge in [0.1, 0.15) is 0 Å². The molecule has 0 amide bonds. The van der Waals surface area contributed by atoms with Crippen molar-refractivity contribution in [3.8, 4) is 0 Å². The minimum atomic E-state index is 0.549. The Morgan fingerprint density at radius 2 is 2.28 bits per heavy atom. The Labute approximate surface area is 110 Å². The zero-order valence-corrected chi connectivity index (χ0v) is 12.1. The van der Waals surface area contributed by atoms with Crippen molar-refractivity contribution < 1.29 is 0 Å². The van der Waals surface area contributed by atoms with E-state index in [-0.39, 0.29) is 0 Å². The van der Waals surface area contributed by atoms with Crippen LogP contribution in [0.2, 0.25) is 0 Å². The fraction of sp³-hybridized carbons (Fsp3) is 0.786. The van der Waals surface area contributed by atoms with E-state index in [1.165, 1.54) is 5.69 Å². The summed E-state index contributed by atoms with van der Waals surface area (Å²) in [7, 11) is 0. The first-order chi connectivity index (χ1) is 8.60. The molecule has 1 atom stereocenters. The number of nitrogens with zero attached hydrogens (tertiary/aromatic N) is 3. The number of anilines is 1. The van der Waals surface area contributed by atoms with Gasteiger partial charge in [0.05, 0.1) is 5.69 Å². The van der Waals surface area contributed by atoms with Crippen molar-refractivity contribution >= 4 is 5.95 Å². The molecular formula is C14H26N4. The van der Waals surface area contributed by atoms with E-state index < -0.39 is 0 Å². The van der Waals surface area contributed by atoms with Crippen LogP contribution in [0, 0.1) is 5.92 Å². The van der Waals surface area contributed by atoms with E-state index in [0.717, 1.165) is 38.5 Å². The Kier molecular flexibility index (Phi) is 4.27. The molecule has 1 unspecified atom stereocenters. The summed E-state index contributed by atoms with van der Waals surface area (Å²) in [6.45, 7) is 13.2. The zero-order valence-electron chi connectivity index (χ0n) is 12.1. The average molecular weight is 250 g/mol. The first kappa shape index (κ1) is 13.4. The molecule has 0 aliphatic carbocycles. The van der Waals surface area contributed by atoms with Crippen molar-refractivity contribution in [2.24, 2.45) is 5.92 Å². The van der Waals surface area contributed by atoms with Gasteiger partial charge in [-0.3, -0.25) is 0 Å². The average Bonchev–Trinajstić information content (AvgIpc) is 2.71. The van der Waals surface area contributed by atoms with Crippen LogP contribution in [0.15, 0.2) is 6.20 Å². The number of aromatic nitrogens is 2. The standard InChI is InChI=1S/C14H26N4/c1-5-13-10-18(8-11(2)3)14(16-13)17-7-6-15-12(4)9-17/h10-12,15H,5-9H2,1-4H3. The number of hydrogen-bond donors (Lipinski definition) is 1. The molecule has 4 heteroatoms. The van der Waals surface area contributed by atoms with Crippen molar-refractivity contribution in [3.05, 3.63) is 11.9 Å². The minimum absolute atomic E-state index is 0.549. The summed E-state index contributed by atoms with van der Waals surface area (Å²) in [6.07, 6.45) is 3.24. The maximum Gasteiger partial charge on any atom is 0.205 e. The van der Waals surface area contributed by atoms with E-state index in [2.05, 4.69) is 48.7 Å². The van der Waals surface area contributed by atoms with E-state index in [4.69, 9.17) is 4.98 Å². The molecule has 0 saturated carbocycles. The quantitative estimate of drug-likeness (QED) is 0.886.